The van der Waals surface area contributed by atoms with Crippen LogP contribution in [0.4, 0.5) is 5.82 Å². The van der Waals surface area contributed by atoms with Crippen molar-refractivity contribution in [2.45, 2.75) is 13.0 Å². The molecule has 20 heavy (non-hydrogen) atoms. The number of benzene rings is 1. The first kappa shape index (κ1) is 14.1. The molecule has 1 N–H and O–H groups in total. The number of likely N-dealkylation sites (N-methyl/N-ethyl adjacent to an activating group) is 1. The summed E-state index contributed by atoms with van der Waals surface area (Å²) in [7, 11) is 5.11. The van der Waals surface area contributed by atoms with E-state index in [1.54, 1.807) is 32.3 Å². The van der Waals surface area contributed by atoms with Crippen LogP contribution in [0.1, 0.15) is 6.92 Å². The first-order valence-electron chi connectivity index (χ1n) is 6.43. The van der Waals surface area contributed by atoms with E-state index in [9.17, 15) is 4.79 Å². The second-order valence-electron chi connectivity index (χ2n) is 4.85. The van der Waals surface area contributed by atoms with Crippen LogP contribution in [0.5, 0.6) is 5.75 Å². The summed E-state index contributed by atoms with van der Waals surface area (Å²) in [6.45, 7) is 1.83. The SMILES string of the molecule is COc1ccc2c(NC(C)C(=O)N(C)C)nccc2c1. The minimum atomic E-state index is -0.329. The number of carbonyl (C=O) groups excluding carboxylic acids is 1. The van der Waals surface area contributed by atoms with Crippen LogP contribution in [0.3, 0.4) is 0 Å². The molecule has 2 aromatic rings. The average molecular weight is 273 g/mol. The van der Waals surface area contributed by atoms with Gasteiger partial charge in [0, 0.05) is 25.7 Å². The highest BCUT2D eigenvalue weighted by Crippen LogP contribution is 2.25. The van der Waals surface area contributed by atoms with Crippen molar-refractivity contribution in [2.24, 2.45) is 0 Å². The maximum absolute atomic E-state index is 11.9. The van der Waals surface area contributed by atoms with Crippen LogP contribution in [-0.2, 0) is 4.79 Å². The molecule has 5 nitrogen and oxygen atoms in total. The summed E-state index contributed by atoms with van der Waals surface area (Å²) in [5, 5.41) is 5.14. The summed E-state index contributed by atoms with van der Waals surface area (Å²) in [5.41, 5.74) is 0. The Bertz CT molecular complexity index is 626. The minimum absolute atomic E-state index is 0.0114. The van der Waals surface area contributed by atoms with Crippen molar-refractivity contribution < 1.29 is 9.53 Å². The zero-order valence-corrected chi connectivity index (χ0v) is 12.2. The predicted molar refractivity (Wildman–Crippen MR) is 80.1 cm³/mol. The summed E-state index contributed by atoms with van der Waals surface area (Å²) in [6, 6.07) is 7.36. The number of fused-ring (bicyclic) bond motifs is 1. The Kier molecular flexibility index (Phi) is 4.08. The molecule has 1 aromatic carbocycles. The van der Waals surface area contributed by atoms with Crippen molar-refractivity contribution in [3.05, 3.63) is 30.5 Å². The first-order chi connectivity index (χ1) is 9.52. The fraction of sp³-hybridized carbons (Fsp3) is 0.333. The molecule has 5 heteroatoms. The fourth-order valence-electron chi connectivity index (χ4n) is 2.05. The second-order valence-corrected chi connectivity index (χ2v) is 4.85. The zero-order chi connectivity index (χ0) is 14.7. The van der Waals surface area contributed by atoms with Gasteiger partial charge in [-0.3, -0.25) is 4.79 Å². The summed E-state index contributed by atoms with van der Waals surface area (Å²) in [5.74, 6) is 1.51. The van der Waals surface area contributed by atoms with E-state index in [1.807, 2.05) is 31.2 Å². The number of carbonyl (C=O) groups is 1. The Morgan fingerprint density at radius 1 is 1.35 bits per heavy atom. The molecule has 0 radical (unpaired) electrons. The third-order valence-corrected chi connectivity index (χ3v) is 3.14. The number of aromatic nitrogens is 1. The molecule has 1 unspecified atom stereocenters. The Morgan fingerprint density at radius 2 is 2.10 bits per heavy atom. The third-order valence-electron chi connectivity index (χ3n) is 3.14. The van der Waals surface area contributed by atoms with Gasteiger partial charge in [0.05, 0.1) is 7.11 Å². The first-order valence-corrected chi connectivity index (χ1v) is 6.43. The summed E-state index contributed by atoms with van der Waals surface area (Å²) in [4.78, 5) is 17.8. The van der Waals surface area contributed by atoms with Crippen LogP contribution in [0.2, 0.25) is 0 Å². The number of hydrogen-bond acceptors (Lipinski definition) is 4. The molecule has 106 valence electrons. The van der Waals surface area contributed by atoms with E-state index in [0.29, 0.717) is 5.82 Å². The van der Waals surface area contributed by atoms with Crippen molar-refractivity contribution in [1.29, 1.82) is 0 Å². The Balaban J connectivity index is 2.33. The van der Waals surface area contributed by atoms with Gasteiger partial charge in [0.1, 0.15) is 17.6 Å². The monoisotopic (exact) mass is 273 g/mol. The largest absolute Gasteiger partial charge is 0.497 e. The molecule has 0 aliphatic rings. The number of hydrogen-bond donors (Lipinski definition) is 1. The molecule has 0 fully saturated rings. The number of nitrogens with zero attached hydrogens (tertiary/aromatic N) is 2. The molecule has 0 bridgehead atoms. The molecule has 0 aliphatic heterocycles. The van der Waals surface area contributed by atoms with E-state index in [0.717, 1.165) is 16.5 Å². The van der Waals surface area contributed by atoms with Crippen LogP contribution < -0.4 is 10.1 Å². The van der Waals surface area contributed by atoms with Crippen molar-refractivity contribution in [2.75, 3.05) is 26.5 Å². The number of anilines is 1. The van der Waals surface area contributed by atoms with Crippen LogP contribution in [0.25, 0.3) is 10.8 Å². The van der Waals surface area contributed by atoms with Crippen LogP contribution in [0.15, 0.2) is 30.5 Å². The van der Waals surface area contributed by atoms with Gasteiger partial charge >= 0.3 is 0 Å². The van der Waals surface area contributed by atoms with Gasteiger partial charge < -0.3 is 15.0 Å². The lowest BCUT2D eigenvalue weighted by molar-refractivity contribution is -0.129. The second kappa shape index (κ2) is 5.77. The van der Waals surface area contributed by atoms with Gasteiger partial charge in [0.2, 0.25) is 5.91 Å². The van der Waals surface area contributed by atoms with Gasteiger partial charge in [-0.15, -0.1) is 0 Å². The van der Waals surface area contributed by atoms with E-state index in [2.05, 4.69) is 10.3 Å². The number of amides is 1. The Labute approximate surface area is 118 Å². The predicted octanol–water partition coefficient (Wildman–Crippen LogP) is 2.13. The van der Waals surface area contributed by atoms with E-state index in [-0.39, 0.29) is 11.9 Å². The lowest BCUT2D eigenvalue weighted by Crippen LogP contribution is -2.36. The quantitative estimate of drug-likeness (QED) is 0.927. The van der Waals surface area contributed by atoms with Gasteiger partial charge in [-0.25, -0.2) is 4.98 Å². The van der Waals surface area contributed by atoms with E-state index in [4.69, 9.17) is 4.74 Å². The van der Waals surface area contributed by atoms with Gasteiger partial charge in [-0.1, -0.05) is 0 Å². The minimum Gasteiger partial charge on any atom is -0.497 e. The highest BCUT2D eigenvalue weighted by Gasteiger charge is 2.16. The molecule has 0 saturated heterocycles. The van der Waals surface area contributed by atoms with Crippen molar-refractivity contribution in [3.8, 4) is 5.75 Å². The van der Waals surface area contributed by atoms with Gasteiger partial charge in [0.15, 0.2) is 0 Å². The maximum atomic E-state index is 11.9. The average Bonchev–Trinajstić information content (AvgIpc) is 2.45. The molecular weight excluding hydrogens is 254 g/mol. The molecule has 1 aromatic heterocycles. The third kappa shape index (κ3) is 2.82. The molecule has 1 atom stereocenters. The molecule has 0 spiro atoms. The highest BCUT2D eigenvalue weighted by atomic mass is 16.5. The number of pyridine rings is 1. The van der Waals surface area contributed by atoms with E-state index >= 15 is 0 Å². The molecule has 2 rings (SSSR count). The number of nitrogens with one attached hydrogen (secondary N) is 1. The summed E-state index contributed by atoms with van der Waals surface area (Å²) >= 11 is 0. The molecular formula is C15H19N3O2. The smallest absolute Gasteiger partial charge is 0.244 e. The van der Waals surface area contributed by atoms with Crippen molar-refractivity contribution in [3.63, 3.8) is 0 Å². The van der Waals surface area contributed by atoms with Crippen molar-refractivity contribution in [1.82, 2.24) is 9.88 Å². The fourth-order valence-corrected chi connectivity index (χ4v) is 2.05. The Hall–Kier alpha value is -2.30. The number of rotatable bonds is 4. The standard InChI is InChI=1S/C15H19N3O2/c1-10(15(19)18(2)3)17-14-13-6-5-12(20-4)9-11(13)7-8-16-14/h5-10H,1-4H3,(H,16,17). The molecule has 1 heterocycles. The topological polar surface area (TPSA) is 54.5 Å². The molecule has 1 amide bonds. The number of methoxy groups -OCH3 is 1. The Morgan fingerprint density at radius 3 is 2.75 bits per heavy atom. The molecule has 0 saturated carbocycles. The van der Waals surface area contributed by atoms with Crippen LogP contribution in [0, 0.1) is 0 Å². The lowest BCUT2D eigenvalue weighted by atomic mass is 10.1. The van der Waals surface area contributed by atoms with Gasteiger partial charge in [-0.05, 0) is 36.6 Å². The summed E-state index contributed by atoms with van der Waals surface area (Å²) < 4.78 is 5.21. The van der Waals surface area contributed by atoms with E-state index in [1.165, 1.54) is 0 Å². The summed E-state index contributed by atoms with van der Waals surface area (Å²) in [6.07, 6.45) is 1.72. The molecule has 0 aliphatic carbocycles. The van der Waals surface area contributed by atoms with Gasteiger partial charge in [-0.2, -0.15) is 0 Å². The normalized spacial score (nSPS) is 12.0. The highest BCUT2D eigenvalue weighted by molar-refractivity contribution is 5.94. The van der Waals surface area contributed by atoms with Gasteiger partial charge in [0.25, 0.3) is 0 Å². The van der Waals surface area contributed by atoms with Crippen molar-refractivity contribution >= 4 is 22.5 Å². The van der Waals surface area contributed by atoms with Crippen LogP contribution >= 0.6 is 0 Å². The number of ether oxygens (including phenoxy) is 1. The zero-order valence-electron chi connectivity index (χ0n) is 12.2. The lowest BCUT2D eigenvalue weighted by Gasteiger charge is -2.19. The maximum Gasteiger partial charge on any atom is 0.244 e. The van der Waals surface area contributed by atoms with E-state index < -0.39 is 0 Å². The van der Waals surface area contributed by atoms with Crippen LogP contribution in [-0.4, -0.2) is 43.0 Å².